The molecule has 185 valence electrons. The van der Waals surface area contributed by atoms with Crippen LogP contribution in [0.4, 0.5) is 0 Å². The van der Waals surface area contributed by atoms with Crippen LogP contribution in [0.15, 0.2) is 54.6 Å². The largest absolute Gasteiger partial charge is 0.392 e. The standard InChI is InChI=1S/C16H12N.C14H26O2.Ir/c1-12-6-5-9-16-14(12)10-11-15(17-16)13-7-3-2-4-8-13;1-8(2)11-7-10-6-4-5-9(3)13(15)12(10)14(11)16;/h2-7,9-11H,1H3;8-16H,4-7H2,1-3H3;/q-1;;/t;9-,10?,11-,12?,13?,14?;/m.0./s1. The smallest absolute Gasteiger partial charge is 0.0626 e. The summed E-state index contributed by atoms with van der Waals surface area (Å²) in [5, 5.41) is 22.0. The number of aryl methyl sites for hydroxylation is 1. The van der Waals surface area contributed by atoms with Crippen LogP contribution in [0.25, 0.3) is 22.2 Å². The van der Waals surface area contributed by atoms with Gasteiger partial charge in [-0.2, -0.15) is 0 Å². The van der Waals surface area contributed by atoms with Crippen molar-refractivity contribution in [2.75, 3.05) is 0 Å². The van der Waals surface area contributed by atoms with Crippen molar-refractivity contribution < 1.29 is 30.3 Å². The molecule has 2 saturated carbocycles. The number of hydrogen-bond acceptors (Lipinski definition) is 3. The van der Waals surface area contributed by atoms with Crippen LogP contribution >= 0.6 is 0 Å². The summed E-state index contributed by atoms with van der Waals surface area (Å²) in [6, 6.07) is 21.5. The summed E-state index contributed by atoms with van der Waals surface area (Å²) < 4.78 is 0. The fourth-order valence-corrected chi connectivity index (χ4v) is 5.93. The maximum absolute atomic E-state index is 10.4. The maximum atomic E-state index is 10.4. The molecular weight excluding hydrogens is 599 g/mol. The van der Waals surface area contributed by atoms with Crippen LogP contribution in [0.5, 0.6) is 0 Å². The van der Waals surface area contributed by atoms with Crippen molar-refractivity contribution in [1.29, 1.82) is 0 Å². The molecule has 34 heavy (non-hydrogen) atoms. The number of aliphatic hydroxyl groups is 2. The molecule has 4 unspecified atom stereocenters. The number of fused-ring (bicyclic) bond motifs is 2. The Morgan fingerprint density at radius 3 is 2.47 bits per heavy atom. The Hall–Kier alpha value is -1.58. The monoisotopic (exact) mass is 637 g/mol. The van der Waals surface area contributed by atoms with Gasteiger partial charge in [0.1, 0.15) is 0 Å². The van der Waals surface area contributed by atoms with Crippen molar-refractivity contribution >= 4 is 10.9 Å². The molecular formula is C30H38IrNO2-. The molecule has 2 aliphatic carbocycles. The summed E-state index contributed by atoms with van der Waals surface area (Å²) in [5.41, 5.74) is 4.32. The van der Waals surface area contributed by atoms with E-state index in [4.69, 9.17) is 0 Å². The minimum atomic E-state index is -0.286. The van der Waals surface area contributed by atoms with Gasteiger partial charge in [0.25, 0.3) is 0 Å². The van der Waals surface area contributed by atoms with E-state index in [0.717, 1.165) is 29.6 Å². The number of pyridine rings is 1. The van der Waals surface area contributed by atoms with Crippen LogP contribution in [0.3, 0.4) is 0 Å². The van der Waals surface area contributed by atoms with E-state index in [-0.39, 0.29) is 38.2 Å². The molecule has 2 aromatic carbocycles. The Labute approximate surface area is 218 Å². The molecule has 2 fully saturated rings. The third kappa shape index (κ3) is 5.79. The topological polar surface area (TPSA) is 53.4 Å². The first-order valence-electron chi connectivity index (χ1n) is 12.6. The molecule has 3 aromatic rings. The summed E-state index contributed by atoms with van der Waals surface area (Å²) in [6.45, 7) is 8.62. The Morgan fingerprint density at radius 1 is 0.971 bits per heavy atom. The first kappa shape index (κ1) is 27.0. The molecule has 0 amide bonds. The summed E-state index contributed by atoms with van der Waals surface area (Å²) >= 11 is 0. The quantitative estimate of drug-likeness (QED) is 0.318. The van der Waals surface area contributed by atoms with Gasteiger partial charge in [-0.25, -0.2) is 0 Å². The second-order valence-electron chi connectivity index (χ2n) is 10.5. The van der Waals surface area contributed by atoms with Crippen molar-refractivity contribution in [2.24, 2.45) is 29.6 Å². The molecule has 1 radical (unpaired) electrons. The van der Waals surface area contributed by atoms with E-state index in [1.165, 1.54) is 23.8 Å². The van der Waals surface area contributed by atoms with Gasteiger partial charge < -0.3 is 10.2 Å². The predicted octanol–water partition coefficient (Wildman–Crippen LogP) is 6.44. The van der Waals surface area contributed by atoms with Gasteiger partial charge in [0.2, 0.25) is 0 Å². The van der Waals surface area contributed by atoms with Gasteiger partial charge in [0.05, 0.1) is 17.7 Å². The average Bonchev–Trinajstić information content (AvgIpc) is 3.08. The zero-order valence-electron chi connectivity index (χ0n) is 20.7. The van der Waals surface area contributed by atoms with Gasteiger partial charge >= 0.3 is 0 Å². The Bertz CT molecular complexity index is 1050. The normalized spacial score (nSPS) is 28.4. The molecule has 5 rings (SSSR count). The van der Waals surface area contributed by atoms with Crippen molar-refractivity contribution in [1.82, 2.24) is 4.98 Å². The van der Waals surface area contributed by atoms with Crippen LogP contribution in [0.1, 0.15) is 52.0 Å². The van der Waals surface area contributed by atoms with Gasteiger partial charge in [-0.3, -0.25) is 4.98 Å². The van der Waals surface area contributed by atoms with E-state index in [9.17, 15) is 10.2 Å². The Kier molecular flexibility index (Phi) is 9.46. The first-order valence-corrected chi connectivity index (χ1v) is 12.6. The van der Waals surface area contributed by atoms with E-state index >= 15 is 0 Å². The number of benzene rings is 2. The summed E-state index contributed by atoms with van der Waals surface area (Å²) in [6.07, 6.45) is 4.09. The zero-order valence-corrected chi connectivity index (χ0v) is 23.1. The number of nitrogens with zero attached hydrogens (tertiary/aromatic N) is 1. The maximum Gasteiger partial charge on any atom is 0.0626 e. The minimum Gasteiger partial charge on any atom is -0.392 e. The summed E-state index contributed by atoms with van der Waals surface area (Å²) in [7, 11) is 0. The van der Waals surface area contributed by atoms with Crippen LogP contribution < -0.4 is 0 Å². The van der Waals surface area contributed by atoms with Crippen LogP contribution in [0.2, 0.25) is 0 Å². The first-order chi connectivity index (χ1) is 15.9. The second kappa shape index (κ2) is 11.9. The van der Waals surface area contributed by atoms with Gasteiger partial charge in [-0.1, -0.05) is 51.5 Å². The molecule has 2 aliphatic rings. The number of hydrogen-bond donors (Lipinski definition) is 2. The minimum absolute atomic E-state index is 0. The van der Waals surface area contributed by atoms with E-state index in [1.54, 1.807) is 0 Å². The number of rotatable bonds is 2. The van der Waals surface area contributed by atoms with Crippen molar-refractivity contribution in [3.63, 3.8) is 0 Å². The third-order valence-corrected chi connectivity index (χ3v) is 7.96. The molecule has 0 aliphatic heterocycles. The summed E-state index contributed by atoms with van der Waals surface area (Å²) in [5.74, 6) is 1.99. The SMILES string of the molecule is CC(C)[C@@H]1CC2CCC[C@H](C)C(O)C2C1O.Cc1cccc2nc(-c3[c-]cccc3)ccc12.[Ir]. The fraction of sp³-hybridized carbons (Fsp3) is 0.500. The van der Waals surface area contributed by atoms with E-state index in [1.807, 2.05) is 30.3 Å². The van der Waals surface area contributed by atoms with Crippen molar-refractivity contribution in [3.05, 3.63) is 66.2 Å². The van der Waals surface area contributed by atoms with Gasteiger partial charge in [-0.05, 0) is 67.2 Å². The van der Waals surface area contributed by atoms with Crippen molar-refractivity contribution in [3.8, 4) is 11.3 Å². The van der Waals surface area contributed by atoms with Crippen molar-refractivity contribution in [2.45, 2.75) is 65.6 Å². The van der Waals surface area contributed by atoms with Crippen LogP contribution in [0, 0.1) is 42.6 Å². The van der Waals surface area contributed by atoms with Crippen LogP contribution in [-0.2, 0) is 20.1 Å². The van der Waals surface area contributed by atoms with Crippen LogP contribution in [-0.4, -0.2) is 27.4 Å². The molecule has 1 heterocycles. The number of aromatic nitrogens is 1. The fourth-order valence-electron chi connectivity index (χ4n) is 5.93. The van der Waals surface area contributed by atoms with Gasteiger partial charge in [-0.15, -0.1) is 35.9 Å². The molecule has 1 aromatic heterocycles. The molecule has 3 nitrogen and oxygen atoms in total. The van der Waals surface area contributed by atoms with E-state index in [2.05, 4.69) is 63.0 Å². The van der Waals surface area contributed by atoms with Gasteiger partial charge in [0, 0.05) is 31.4 Å². The Balaban J connectivity index is 0.000000186. The molecule has 0 saturated heterocycles. The molecule has 6 atom stereocenters. The third-order valence-electron chi connectivity index (χ3n) is 7.96. The summed E-state index contributed by atoms with van der Waals surface area (Å²) in [4.78, 5) is 4.68. The molecule has 0 bridgehead atoms. The molecule has 0 spiro atoms. The molecule has 4 heteroatoms. The number of aliphatic hydroxyl groups excluding tert-OH is 2. The van der Waals surface area contributed by atoms with E-state index in [0.29, 0.717) is 23.7 Å². The van der Waals surface area contributed by atoms with Gasteiger partial charge in [0.15, 0.2) is 0 Å². The van der Waals surface area contributed by atoms with E-state index < -0.39 is 0 Å². The zero-order chi connectivity index (χ0) is 23.5. The Morgan fingerprint density at radius 2 is 1.76 bits per heavy atom. The second-order valence-corrected chi connectivity index (χ2v) is 10.5. The average molecular weight is 637 g/mol. The predicted molar refractivity (Wildman–Crippen MR) is 136 cm³/mol. The molecule has 2 N–H and O–H groups in total.